The predicted molar refractivity (Wildman–Crippen MR) is 153 cm³/mol. The summed E-state index contributed by atoms with van der Waals surface area (Å²) in [6.07, 6.45) is 2.82. The number of likely N-dealkylation sites (N-methyl/N-ethyl adjacent to an activating group) is 1. The summed E-state index contributed by atoms with van der Waals surface area (Å²) in [6, 6.07) is 17.1. The first-order chi connectivity index (χ1) is 18.2. The van der Waals surface area contributed by atoms with Gasteiger partial charge in [-0.1, -0.05) is 81.8 Å². The molecule has 0 saturated heterocycles. The average molecular weight is 520 g/mol. The largest absolute Gasteiger partial charge is 0.466 e. The van der Waals surface area contributed by atoms with Crippen molar-refractivity contribution < 1.29 is 19.1 Å². The summed E-state index contributed by atoms with van der Waals surface area (Å²) < 4.78 is 5.29. The number of carbonyl (C=O) groups excluding carboxylic acids is 3. The Balaban J connectivity index is 0.00000161. The van der Waals surface area contributed by atoms with Gasteiger partial charge in [0.1, 0.15) is 0 Å². The van der Waals surface area contributed by atoms with Crippen LogP contribution in [0.5, 0.6) is 0 Å². The number of amides is 2. The molecule has 1 aliphatic rings. The van der Waals surface area contributed by atoms with Crippen LogP contribution in [0.3, 0.4) is 0 Å². The van der Waals surface area contributed by atoms with Gasteiger partial charge in [0, 0.05) is 24.1 Å². The van der Waals surface area contributed by atoms with Crippen molar-refractivity contribution in [3.63, 3.8) is 0 Å². The SMILES string of the molecule is C=CC.CCCCOC(=O)CC(CC(C)C)C(=O)NC1N=C(c2ccccc2)c2ccccc2N(C)C1=O. The molecule has 0 radical (unpaired) electrons. The first kappa shape index (κ1) is 30.5. The second-order valence-corrected chi connectivity index (χ2v) is 9.68. The van der Waals surface area contributed by atoms with E-state index < -0.39 is 18.1 Å². The Bertz CT molecular complexity index is 1110. The van der Waals surface area contributed by atoms with Crippen molar-refractivity contribution in [3.05, 3.63) is 78.4 Å². The molecule has 2 aromatic carbocycles. The quantitative estimate of drug-likeness (QED) is 0.254. The highest BCUT2D eigenvalue weighted by Gasteiger charge is 2.33. The molecule has 0 aromatic heterocycles. The molecule has 0 bridgehead atoms. The van der Waals surface area contributed by atoms with Crippen LogP contribution in [0.4, 0.5) is 5.69 Å². The average Bonchev–Trinajstić information content (AvgIpc) is 3.00. The molecule has 2 amide bonds. The van der Waals surface area contributed by atoms with E-state index in [1.165, 1.54) is 4.90 Å². The summed E-state index contributed by atoms with van der Waals surface area (Å²) in [4.78, 5) is 45.3. The molecule has 1 heterocycles. The van der Waals surface area contributed by atoms with Gasteiger partial charge >= 0.3 is 5.97 Å². The lowest BCUT2D eigenvalue weighted by Gasteiger charge is -2.23. The number of rotatable bonds is 10. The normalized spacial score (nSPS) is 15.3. The number of esters is 1. The van der Waals surface area contributed by atoms with Crippen molar-refractivity contribution in [2.75, 3.05) is 18.6 Å². The second kappa shape index (κ2) is 15.5. The summed E-state index contributed by atoms with van der Waals surface area (Å²) in [5, 5.41) is 2.83. The maximum absolute atomic E-state index is 13.4. The number of nitrogens with one attached hydrogen (secondary N) is 1. The number of carbonyl (C=O) groups is 3. The van der Waals surface area contributed by atoms with Crippen molar-refractivity contribution in [2.45, 2.75) is 59.5 Å². The Morgan fingerprint density at radius 3 is 2.39 bits per heavy atom. The number of hydrogen-bond acceptors (Lipinski definition) is 5. The molecule has 3 rings (SSSR count). The lowest BCUT2D eigenvalue weighted by Crippen LogP contribution is -2.48. The second-order valence-electron chi connectivity index (χ2n) is 9.68. The third-order valence-corrected chi connectivity index (χ3v) is 5.97. The minimum Gasteiger partial charge on any atom is -0.466 e. The van der Waals surface area contributed by atoms with E-state index in [1.54, 1.807) is 13.1 Å². The Labute approximate surface area is 227 Å². The van der Waals surface area contributed by atoms with Crippen LogP contribution in [0.1, 0.15) is 64.5 Å². The molecule has 7 heteroatoms. The number of allylic oxidation sites excluding steroid dienone is 1. The Morgan fingerprint density at radius 2 is 1.76 bits per heavy atom. The minimum absolute atomic E-state index is 0.0278. The van der Waals surface area contributed by atoms with Crippen LogP contribution in [-0.4, -0.2) is 43.3 Å². The number of anilines is 1. The monoisotopic (exact) mass is 519 g/mol. The van der Waals surface area contributed by atoms with Gasteiger partial charge in [-0.15, -0.1) is 6.58 Å². The van der Waals surface area contributed by atoms with Crippen molar-refractivity contribution in [1.82, 2.24) is 5.32 Å². The highest BCUT2D eigenvalue weighted by atomic mass is 16.5. The van der Waals surface area contributed by atoms with Gasteiger partial charge in [0.2, 0.25) is 12.1 Å². The Morgan fingerprint density at radius 1 is 1.13 bits per heavy atom. The van der Waals surface area contributed by atoms with Crippen LogP contribution in [0.15, 0.2) is 72.2 Å². The fourth-order valence-corrected chi connectivity index (χ4v) is 4.14. The number of aliphatic imine (C=N–C) groups is 1. The third kappa shape index (κ3) is 8.68. The van der Waals surface area contributed by atoms with Crippen molar-refractivity contribution in [1.29, 1.82) is 0 Å². The smallest absolute Gasteiger partial charge is 0.306 e. The van der Waals surface area contributed by atoms with Crippen LogP contribution in [0, 0.1) is 11.8 Å². The van der Waals surface area contributed by atoms with Crippen molar-refractivity contribution in [2.24, 2.45) is 16.8 Å². The number of nitrogens with zero attached hydrogens (tertiary/aromatic N) is 2. The van der Waals surface area contributed by atoms with Gasteiger partial charge in [-0.2, -0.15) is 0 Å². The lowest BCUT2D eigenvalue weighted by molar-refractivity contribution is -0.147. The zero-order valence-electron chi connectivity index (χ0n) is 23.3. The van der Waals surface area contributed by atoms with E-state index >= 15 is 0 Å². The molecule has 0 fully saturated rings. The molecule has 38 heavy (non-hydrogen) atoms. The van der Waals surface area contributed by atoms with Gasteiger partial charge in [-0.3, -0.25) is 14.4 Å². The lowest BCUT2D eigenvalue weighted by atomic mass is 9.93. The number of benzene rings is 2. The molecular weight excluding hydrogens is 478 g/mol. The predicted octanol–water partition coefficient (Wildman–Crippen LogP) is 5.53. The maximum atomic E-state index is 13.4. The van der Waals surface area contributed by atoms with Crippen molar-refractivity contribution in [3.8, 4) is 0 Å². The topological polar surface area (TPSA) is 88.1 Å². The van der Waals surface area contributed by atoms with E-state index in [1.807, 2.05) is 82.3 Å². The van der Waals surface area contributed by atoms with Crippen molar-refractivity contribution >= 4 is 29.2 Å². The molecule has 2 atom stereocenters. The first-order valence-electron chi connectivity index (χ1n) is 13.3. The van der Waals surface area contributed by atoms with Crippen LogP contribution in [0.25, 0.3) is 0 Å². The number of benzodiazepines with no additional fused rings is 1. The zero-order valence-corrected chi connectivity index (χ0v) is 23.3. The first-order valence-corrected chi connectivity index (χ1v) is 13.3. The van der Waals surface area contributed by atoms with Gasteiger partial charge in [-0.25, -0.2) is 4.99 Å². The van der Waals surface area contributed by atoms with Crippen LogP contribution < -0.4 is 10.2 Å². The molecule has 2 unspecified atom stereocenters. The number of para-hydroxylation sites is 1. The third-order valence-electron chi connectivity index (χ3n) is 5.97. The molecule has 0 spiro atoms. The van der Waals surface area contributed by atoms with Crippen LogP contribution in [-0.2, 0) is 19.1 Å². The molecule has 204 valence electrons. The number of fused-ring (bicyclic) bond motifs is 1. The van der Waals surface area contributed by atoms with Gasteiger partial charge in [0.15, 0.2) is 0 Å². The van der Waals surface area contributed by atoms with E-state index in [2.05, 4.69) is 11.9 Å². The van der Waals surface area contributed by atoms with E-state index in [4.69, 9.17) is 9.73 Å². The van der Waals surface area contributed by atoms with Crippen LogP contribution in [0.2, 0.25) is 0 Å². The standard InChI is InChI=1S/C28H35N3O4.C3H6/c1-5-6-16-35-24(32)18-21(17-19(2)3)27(33)30-26-28(34)31(4)23-15-11-10-14-22(23)25(29-26)20-12-8-7-9-13-20;1-3-2/h7-15,19,21,26H,5-6,16-18H2,1-4H3,(H,30,33);3H,1H2,2H3. The van der Waals surface area contributed by atoms with Gasteiger partial charge in [-0.05, 0) is 31.7 Å². The summed E-state index contributed by atoms with van der Waals surface area (Å²) in [5.41, 5.74) is 3.00. The molecular formula is C31H41N3O4. The van der Waals surface area contributed by atoms with E-state index in [0.717, 1.165) is 29.7 Å². The summed E-state index contributed by atoms with van der Waals surface area (Å²) in [6.45, 7) is 11.6. The highest BCUT2D eigenvalue weighted by Crippen LogP contribution is 2.27. The fraction of sp³-hybridized carbons (Fsp3) is 0.419. The number of hydrogen-bond donors (Lipinski definition) is 1. The molecule has 2 aromatic rings. The Kier molecular flexibility index (Phi) is 12.4. The van der Waals surface area contributed by atoms with Gasteiger partial charge < -0.3 is 15.0 Å². The molecule has 1 N–H and O–H groups in total. The van der Waals surface area contributed by atoms with Crippen LogP contribution >= 0.6 is 0 Å². The van der Waals surface area contributed by atoms with E-state index in [0.29, 0.717) is 18.7 Å². The van der Waals surface area contributed by atoms with E-state index in [-0.39, 0.29) is 24.2 Å². The summed E-state index contributed by atoms with van der Waals surface area (Å²) in [7, 11) is 1.68. The minimum atomic E-state index is -1.11. The number of unbranched alkanes of at least 4 members (excludes halogenated alkanes) is 1. The van der Waals surface area contributed by atoms with Gasteiger partial charge in [0.25, 0.3) is 5.91 Å². The highest BCUT2D eigenvalue weighted by molar-refractivity contribution is 6.20. The molecule has 0 aliphatic carbocycles. The zero-order chi connectivity index (χ0) is 28.1. The molecule has 7 nitrogen and oxygen atoms in total. The summed E-state index contributed by atoms with van der Waals surface area (Å²) >= 11 is 0. The Hall–Kier alpha value is -3.74. The number of ether oxygens (including phenoxy) is 1. The molecule has 0 saturated carbocycles. The fourth-order valence-electron chi connectivity index (χ4n) is 4.14. The summed E-state index contributed by atoms with van der Waals surface area (Å²) in [5.74, 6) is -1.53. The van der Waals surface area contributed by atoms with Gasteiger partial charge in [0.05, 0.1) is 24.4 Å². The maximum Gasteiger partial charge on any atom is 0.306 e. The molecule has 1 aliphatic heterocycles. The van der Waals surface area contributed by atoms with E-state index in [9.17, 15) is 14.4 Å².